The summed E-state index contributed by atoms with van der Waals surface area (Å²) in [7, 11) is 0. The molecule has 160 valence electrons. The number of carbonyl (C=O) groups is 2. The number of nitrogens with one attached hydrogen (secondary N) is 2. The highest BCUT2D eigenvalue weighted by molar-refractivity contribution is 5.97. The molecular weight excluding hydrogens is 394 g/mol. The number of hydrogen-bond donors (Lipinski definition) is 2. The molecule has 1 aromatic heterocycles. The predicted molar refractivity (Wildman–Crippen MR) is 118 cm³/mol. The minimum absolute atomic E-state index is 0.102. The summed E-state index contributed by atoms with van der Waals surface area (Å²) in [6.45, 7) is 4.62. The van der Waals surface area contributed by atoms with Crippen molar-refractivity contribution in [2.45, 2.75) is 26.8 Å². The zero-order valence-corrected chi connectivity index (χ0v) is 17.6. The minimum atomic E-state index is -0.238. The van der Waals surface area contributed by atoms with Crippen molar-refractivity contribution in [3.63, 3.8) is 0 Å². The Morgan fingerprint density at radius 3 is 2.48 bits per heavy atom. The van der Waals surface area contributed by atoms with E-state index in [0.29, 0.717) is 42.5 Å². The van der Waals surface area contributed by atoms with E-state index in [1.807, 2.05) is 37.3 Å². The lowest BCUT2D eigenvalue weighted by Gasteiger charge is -2.10. The Kier molecular flexibility index (Phi) is 7.59. The Bertz CT molecular complexity index is 1040. The Morgan fingerprint density at radius 1 is 0.968 bits per heavy atom. The van der Waals surface area contributed by atoms with Crippen molar-refractivity contribution in [3.05, 3.63) is 78.0 Å². The molecule has 0 aliphatic carbocycles. The van der Waals surface area contributed by atoms with Crippen LogP contribution in [-0.2, 0) is 11.3 Å². The van der Waals surface area contributed by atoms with Gasteiger partial charge >= 0.3 is 0 Å². The smallest absolute Gasteiger partial charge is 0.251 e. The van der Waals surface area contributed by atoms with E-state index < -0.39 is 0 Å². The molecule has 0 fully saturated rings. The van der Waals surface area contributed by atoms with Crippen molar-refractivity contribution in [3.8, 4) is 17.4 Å². The first-order valence-electron chi connectivity index (χ1n) is 10.1. The topological polar surface area (TPSA) is 89.5 Å². The van der Waals surface area contributed by atoms with Gasteiger partial charge in [-0.1, -0.05) is 13.0 Å². The van der Waals surface area contributed by atoms with E-state index in [4.69, 9.17) is 9.47 Å². The first-order chi connectivity index (χ1) is 15.1. The molecule has 0 aliphatic rings. The largest absolute Gasteiger partial charge is 0.494 e. The third-order valence-corrected chi connectivity index (χ3v) is 4.34. The summed E-state index contributed by atoms with van der Waals surface area (Å²) in [5, 5.41) is 5.62. The number of rotatable bonds is 9. The first kappa shape index (κ1) is 21.8. The number of carbonyl (C=O) groups excluding carboxylic acids is 2. The number of aromatic nitrogens is 1. The van der Waals surface area contributed by atoms with Gasteiger partial charge in [0.15, 0.2) is 0 Å². The van der Waals surface area contributed by atoms with Gasteiger partial charge in [0, 0.05) is 36.5 Å². The number of amides is 2. The second-order valence-electron chi connectivity index (χ2n) is 6.67. The third-order valence-electron chi connectivity index (χ3n) is 4.34. The summed E-state index contributed by atoms with van der Waals surface area (Å²) < 4.78 is 11.2. The summed E-state index contributed by atoms with van der Waals surface area (Å²) in [6.07, 6.45) is 2.01. The van der Waals surface area contributed by atoms with E-state index in [1.165, 1.54) is 0 Å². The summed E-state index contributed by atoms with van der Waals surface area (Å²) in [5.74, 6) is 1.51. The maximum atomic E-state index is 12.5. The van der Waals surface area contributed by atoms with Crippen molar-refractivity contribution in [2.75, 3.05) is 11.9 Å². The van der Waals surface area contributed by atoms with Crippen LogP contribution in [0.5, 0.6) is 17.4 Å². The molecule has 0 saturated heterocycles. The van der Waals surface area contributed by atoms with Crippen molar-refractivity contribution >= 4 is 17.5 Å². The molecule has 31 heavy (non-hydrogen) atoms. The van der Waals surface area contributed by atoms with E-state index in [2.05, 4.69) is 15.6 Å². The van der Waals surface area contributed by atoms with Crippen molar-refractivity contribution in [1.82, 2.24) is 10.3 Å². The van der Waals surface area contributed by atoms with Crippen molar-refractivity contribution < 1.29 is 19.1 Å². The number of ether oxygens (including phenoxy) is 2. The van der Waals surface area contributed by atoms with Gasteiger partial charge < -0.3 is 20.1 Å². The molecule has 2 amide bonds. The summed E-state index contributed by atoms with van der Waals surface area (Å²) in [6, 6.07) is 17.7. The molecular formula is C24H25N3O4. The Labute approximate surface area is 181 Å². The number of benzene rings is 2. The molecule has 2 aromatic carbocycles. The average molecular weight is 419 g/mol. The zero-order valence-electron chi connectivity index (χ0n) is 17.6. The average Bonchev–Trinajstić information content (AvgIpc) is 2.79. The molecule has 0 saturated carbocycles. The number of pyridine rings is 1. The first-order valence-corrected chi connectivity index (χ1v) is 10.1. The predicted octanol–water partition coefficient (Wildman–Crippen LogP) is 4.55. The maximum Gasteiger partial charge on any atom is 0.251 e. The number of nitrogens with zero attached hydrogens (tertiary/aromatic N) is 1. The van der Waals surface area contributed by atoms with Crippen LogP contribution in [0.25, 0.3) is 0 Å². The van der Waals surface area contributed by atoms with Crippen LogP contribution in [0, 0.1) is 0 Å². The molecule has 7 heteroatoms. The van der Waals surface area contributed by atoms with Gasteiger partial charge in [0.25, 0.3) is 5.91 Å². The van der Waals surface area contributed by atoms with Crippen LogP contribution in [0.1, 0.15) is 36.2 Å². The fraction of sp³-hybridized carbons (Fsp3) is 0.208. The highest BCUT2D eigenvalue weighted by Crippen LogP contribution is 2.23. The molecule has 3 aromatic rings. The monoisotopic (exact) mass is 419 g/mol. The van der Waals surface area contributed by atoms with Gasteiger partial charge in [-0.15, -0.1) is 0 Å². The fourth-order valence-corrected chi connectivity index (χ4v) is 2.78. The third kappa shape index (κ3) is 6.57. The van der Waals surface area contributed by atoms with Crippen LogP contribution in [0.4, 0.5) is 5.69 Å². The standard InChI is InChI=1S/C24H25N3O4/c1-3-22(28)27-19-7-5-6-18(15-19)24(29)26-16-17-12-13-25-23(14-17)31-21-10-8-20(9-11-21)30-4-2/h5-15H,3-4,16H2,1-2H3,(H,26,29)(H,27,28). The number of hydrogen-bond acceptors (Lipinski definition) is 5. The van der Waals surface area contributed by atoms with Gasteiger partial charge in [-0.05, 0) is 61.0 Å². The molecule has 3 rings (SSSR count). The van der Waals surface area contributed by atoms with Crippen LogP contribution in [0.2, 0.25) is 0 Å². The van der Waals surface area contributed by atoms with Gasteiger partial charge in [0.1, 0.15) is 11.5 Å². The molecule has 0 radical (unpaired) electrons. The fourth-order valence-electron chi connectivity index (χ4n) is 2.78. The van der Waals surface area contributed by atoms with Crippen LogP contribution in [0.3, 0.4) is 0 Å². The Morgan fingerprint density at radius 2 is 1.74 bits per heavy atom. The van der Waals surface area contributed by atoms with Gasteiger partial charge in [-0.2, -0.15) is 0 Å². The minimum Gasteiger partial charge on any atom is -0.494 e. The van der Waals surface area contributed by atoms with E-state index in [0.717, 1.165) is 11.3 Å². The highest BCUT2D eigenvalue weighted by atomic mass is 16.5. The lowest BCUT2D eigenvalue weighted by molar-refractivity contribution is -0.115. The van der Waals surface area contributed by atoms with Crippen molar-refractivity contribution in [1.29, 1.82) is 0 Å². The molecule has 0 spiro atoms. The zero-order chi connectivity index (χ0) is 22.1. The summed E-state index contributed by atoms with van der Waals surface area (Å²) in [4.78, 5) is 28.3. The SMILES string of the molecule is CCOc1ccc(Oc2cc(CNC(=O)c3cccc(NC(=O)CC)c3)ccn2)cc1. The second kappa shape index (κ2) is 10.8. The molecule has 0 aliphatic heterocycles. The summed E-state index contributed by atoms with van der Waals surface area (Å²) >= 11 is 0. The second-order valence-corrected chi connectivity index (χ2v) is 6.67. The van der Waals surface area contributed by atoms with E-state index >= 15 is 0 Å². The van der Waals surface area contributed by atoms with Gasteiger partial charge in [-0.25, -0.2) is 4.98 Å². The quantitative estimate of drug-likeness (QED) is 0.531. The Hall–Kier alpha value is -3.87. The Balaban J connectivity index is 1.59. The van der Waals surface area contributed by atoms with E-state index in [1.54, 1.807) is 43.5 Å². The number of anilines is 1. The van der Waals surface area contributed by atoms with Gasteiger partial charge in [0.2, 0.25) is 11.8 Å². The molecule has 0 unspecified atom stereocenters. The van der Waals surface area contributed by atoms with Gasteiger partial charge in [-0.3, -0.25) is 9.59 Å². The highest BCUT2D eigenvalue weighted by Gasteiger charge is 2.08. The van der Waals surface area contributed by atoms with Crippen LogP contribution in [0.15, 0.2) is 66.9 Å². The molecule has 7 nitrogen and oxygen atoms in total. The molecule has 0 atom stereocenters. The van der Waals surface area contributed by atoms with Crippen molar-refractivity contribution in [2.24, 2.45) is 0 Å². The molecule has 0 bridgehead atoms. The molecule has 1 heterocycles. The van der Waals surface area contributed by atoms with Crippen LogP contribution < -0.4 is 20.1 Å². The van der Waals surface area contributed by atoms with Crippen LogP contribution >= 0.6 is 0 Å². The van der Waals surface area contributed by atoms with Gasteiger partial charge in [0.05, 0.1) is 6.61 Å². The summed E-state index contributed by atoms with van der Waals surface area (Å²) in [5.41, 5.74) is 1.91. The maximum absolute atomic E-state index is 12.5. The molecule has 2 N–H and O–H groups in total. The van der Waals surface area contributed by atoms with E-state index in [-0.39, 0.29) is 11.8 Å². The van der Waals surface area contributed by atoms with Crippen LogP contribution in [-0.4, -0.2) is 23.4 Å². The lowest BCUT2D eigenvalue weighted by Crippen LogP contribution is -2.23. The normalized spacial score (nSPS) is 10.3. The lowest BCUT2D eigenvalue weighted by atomic mass is 10.1. The van der Waals surface area contributed by atoms with E-state index in [9.17, 15) is 9.59 Å².